The molecule has 1 aliphatic rings. The molecular formula is C23H32N3O+. The van der Waals surface area contributed by atoms with E-state index in [0.29, 0.717) is 12.5 Å². The van der Waals surface area contributed by atoms with Crippen molar-refractivity contribution < 1.29 is 9.69 Å². The number of carbonyl (C=O) groups excluding carboxylic acids is 1. The summed E-state index contributed by atoms with van der Waals surface area (Å²) < 4.78 is 0. The van der Waals surface area contributed by atoms with Crippen molar-refractivity contribution in [1.29, 1.82) is 0 Å². The fourth-order valence-corrected chi connectivity index (χ4v) is 3.84. The van der Waals surface area contributed by atoms with E-state index in [4.69, 9.17) is 0 Å². The maximum atomic E-state index is 12.6. The number of rotatable bonds is 6. The number of amides is 1. The number of nitrogens with one attached hydrogen (secondary N) is 2. The Morgan fingerprint density at radius 1 is 1.11 bits per heavy atom. The molecule has 0 radical (unpaired) electrons. The van der Waals surface area contributed by atoms with E-state index in [1.54, 1.807) is 0 Å². The largest absolute Gasteiger partial charge is 0.360 e. The van der Waals surface area contributed by atoms with Crippen molar-refractivity contribution in [3.63, 3.8) is 0 Å². The Labute approximate surface area is 163 Å². The average molecular weight is 367 g/mol. The summed E-state index contributed by atoms with van der Waals surface area (Å²) in [6, 6.07) is 16.7. The van der Waals surface area contributed by atoms with Gasteiger partial charge in [0.15, 0.2) is 6.54 Å². The molecule has 0 aliphatic carbocycles. The molecule has 0 bridgehead atoms. The Kier molecular flexibility index (Phi) is 6.51. The molecule has 3 rings (SSSR count). The molecule has 2 aromatic carbocycles. The molecule has 1 amide bonds. The molecule has 0 aromatic heterocycles. The van der Waals surface area contributed by atoms with Crippen LogP contribution in [-0.2, 0) is 4.79 Å². The van der Waals surface area contributed by atoms with Crippen LogP contribution in [0.5, 0.6) is 0 Å². The third-order valence-electron chi connectivity index (χ3n) is 5.72. The van der Waals surface area contributed by atoms with Crippen LogP contribution in [0.15, 0.2) is 48.5 Å². The van der Waals surface area contributed by atoms with Gasteiger partial charge in [0, 0.05) is 11.4 Å². The van der Waals surface area contributed by atoms with Crippen molar-refractivity contribution in [1.82, 2.24) is 0 Å². The Bertz CT molecular complexity index is 766. The highest BCUT2D eigenvalue weighted by molar-refractivity contribution is 5.92. The number of hydrogen-bond donors (Lipinski definition) is 2. The van der Waals surface area contributed by atoms with Gasteiger partial charge in [0.25, 0.3) is 5.91 Å². The maximum Gasteiger partial charge on any atom is 0.279 e. The quantitative estimate of drug-likeness (QED) is 0.825. The molecule has 27 heavy (non-hydrogen) atoms. The van der Waals surface area contributed by atoms with Gasteiger partial charge in [-0.1, -0.05) is 50.2 Å². The SMILES string of the molecule is CC[C@@H](C)c1ccccc1NC(=O)C[NH+]1CCN(c2ccccc2C)CC1. The summed E-state index contributed by atoms with van der Waals surface area (Å²) in [7, 11) is 0. The lowest BCUT2D eigenvalue weighted by molar-refractivity contribution is -0.892. The van der Waals surface area contributed by atoms with Crippen LogP contribution >= 0.6 is 0 Å². The minimum atomic E-state index is 0.116. The van der Waals surface area contributed by atoms with Gasteiger partial charge in [0.05, 0.1) is 26.2 Å². The molecule has 0 unspecified atom stereocenters. The molecule has 2 aromatic rings. The number of piperazine rings is 1. The van der Waals surface area contributed by atoms with Crippen LogP contribution in [0.3, 0.4) is 0 Å². The molecule has 4 heteroatoms. The van der Waals surface area contributed by atoms with Gasteiger partial charge in [-0.2, -0.15) is 0 Å². The van der Waals surface area contributed by atoms with Gasteiger partial charge in [0.2, 0.25) is 0 Å². The lowest BCUT2D eigenvalue weighted by Crippen LogP contribution is -3.15. The van der Waals surface area contributed by atoms with E-state index in [0.717, 1.165) is 38.3 Å². The highest BCUT2D eigenvalue weighted by Crippen LogP contribution is 2.26. The number of benzene rings is 2. The second kappa shape index (κ2) is 9.05. The minimum Gasteiger partial charge on any atom is -0.360 e. The van der Waals surface area contributed by atoms with Crippen LogP contribution < -0.4 is 15.1 Å². The Balaban J connectivity index is 1.54. The Hall–Kier alpha value is -2.33. The predicted octanol–water partition coefficient (Wildman–Crippen LogP) is 2.85. The number of anilines is 2. The minimum absolute atomic E-state index is 0.116. The molecule has 2 N–H and O–H groups in total. The number of nitrogens with zero attached hydrogens (tertiary/aromatic N) is 1. The van der Waals surface area contributed by atoms with E-state index in [-0.39, 0.29) is 5.91 Å². The first-order chi connectivity index (χ1) is 13.1. The monoisotopic (exact) mass is 366 g/mol. The van der Waals surface area contributed by atoms with E-state index in [2.05, 4.69) is 61.3 Å². The first-order valence-electron chi connectivity index (χ1n) is 10.1. The van der Waals surface area contributed by atoms with Crippen LogP contribution in [0.2, 0.25) is 0 Å². The van der Waals surface area contributed by atoms with Gasteiger partial charge < -0.3 is 15.1 Å². The highest BCUT2D eigenvalue weighted by atomic mass is 16.2. The molecular weight excluding hydrogens is 334 g/mol. The second-order valence-electron chi connectivity index (χ2n) is 7.65. The standard InChI is InChI=1S/C23H31N3O/c1-4-18(2)20-10-6-7-11-21(20)24-23(27)17-25-13-15-26(16-14-25)22-12-8-5-9-19(22)3/h5-12,18H,4,13-17H2,1-3H3,(H,24,27)/p+1/t18-/m1/s1. The van der Waals surface area contributed by atoms with Crippen LogP contribution in [0, 0.1) is 6.92 Å². The van der Waals surface area contributed by atoms with Gasteiger partial charge in [-0.15, -0.1) is 0 Å². The summed E-state index contributed by atoms with van der Waals surface area (Å²) in [4.78, 5) is 16.4. The van der Waals surface area contributed by atoms with E-state index in [1.165, 1.54) is 21.7 Å². The molecule has 1 atom stereocenters. The lowest BCUT2D eigenvalue weighted by atomic mass is 9.97. The molecule has 0 spiro atoms. The molecule has 1 fully saturated rings. The molecule has 144 valence electrons. The number of carbonyl (C=O) groups is 1. The van der Waals surface area contributed by atoms with Crippen LogP contribution in [-0.4, -0.2) is 38.6 Å². The summed E-state index contributed by atoms with van der Waals surface area (Å²) in [6.07, 6.45) is 1.07. The Morgan fingerprint density at radius 2 is 1.78 bits per heavy atom. The van der Waals surface area contributed by atoms with Crippen molar-refractivity contribution in [3.05, 3.63) is 59.7 Å². The zero-order valence-corrected chi connectivity index (χ0v) is 16.8. The summed E-state index contributed by atoms with van der Waals surface area (Å²) in [5, 5.41) is 3.15. The second-order valence-corrected chi connectivity index (χ2v) is 7.65. The van der Waals surface area contributed by atoms with Gasteiger partial charge in [0.1, 0.15) is 0 Å². The first-order valence-corrected chi connectivity index (χ1v) is 10.1. The number of quaternary nitrogens is 1. The number of hydrogen-bond acceptors (Lipinski definition) is 2. The normalized spacial score (nSPS) is 16.2. The molecule has 0 saturated carbocycles. The van der Waals surface area contributed by atoms with Crippen LogP contribution in [0.25, 0.3) is 0 Å². The predicted molar refractivity (Wildman–Crippen MR) is 113 cm³/mol. The van der Waals surface area contributed by atoms with Gasteiger partial charge >= 0.3 is 0 Å². The third-order valence-corrected chi connectivity index (χ3v) is 5.72. The summed E-state index contributed by atoms with van der Waals surface area (Å²) in [5.74, 6) is 0.566. The van der Waals surface area contributed by atoms with Crippen LogP contribution in [0.1, 0.15) is 37.3 Å². The van der Waals surface area contributed by atoms with E-state index >= 15 is 0 Å². The van der Waals surface area contributed by atoms with E-state index < -0.39 is 0 Å². The number of aryl methyl sites for hydroxylation is 1. The molecule has 1 heterocycles. The van der Waals surface area contributed by atoms with E-state index in [1.807, 2.05) is 18.2 Å². The fraction of sp³-hybridized carbons (Fsp3) is 0.435. The summed E-state index contributed by atoms with van der Waals surface area (Å²) in [5.41, 5.74) is 4.84. The average Bonchev–Trinajstić information content (AvgIpc) is 2.69. The maximum absolute atomic E-state index is 12.6. The summed E-state index contributed by atoms with van der Waals surface area (Å²) in [6.45, 7) is 11.1. The van der Waals surface area contributed by atoms with Gasteiger partial charge in [-0.25, -0.2) is 0 Å². The van der Waals surface area contributed by atoms with Crippen molar-refractivity contribution in [3.8, 4) is 0 Å². The molecule has 1 aliphatic heterocycles. The Morgan fingerprint density at radius 3 is 2.48 bits per heavy atom. The summed E-state index contributed by atoms with van der Waals surface area (Å²) >= 11 is 0. The molecule has 1 saturated heterocycles. The number of para-hydroxylation sites is 2. The smallest absolute Gasteiger partial charge is 0.279 e. The van der Waals surface area contributed by atoms with Crippen LogP contribution in [0.4, 0.5) is 11.4 Å². The zero-order chi connectivity index (χ0) is 19.2. The lowest BCUT2D eigenvalue weighted by Gasteiger charge is -2.34. The van der Waals surface area contributed by atoms with Gasteiger partial charge in [-0.3, -0.25) is 4.79 Å². The first kappa shape index (κ1) is 19.4. The van der Waals surface area contributed by atoms with Gasteiger partial charge in [-0.05, 0) is 42.5 Å². The third kappa shape index (κ3) is 4.89. The zero-order valence-electron chi connectivity index (χ0n) is 16.8. The van der Waals surface area contributed by atoms with Crippen molar-refractivity contribution in [2.45, 2.75) is 33.1 Å². The highest BCUT2D eigenvalue weighted by Gasteiger charge is 2.23. The van der Waals surface area contributed by atoms with Crippen molar-refractivity contribution in [2.75, 3.05) is 42.9 Å². The molecule has 4 nitrogen and oxygen atoms in total. The fourth-order valence-electron chi connectivity index (χ4n) is 3.84. The van der Waals surface area contributed by atoms with E-state index in [9.17, 15) is 4.79 Å². The topological polar surface area (TPSA) is 36.8 Å². The van der Waals surface area contributed by atoms with Crippen molar-refractivity contribution in [2.24, 2.45) is 0 Å². The van der Waals surface area contributed by atoms with Crippen molar-refractivity contribution >= 4 is 17.3 Å².